The summed E-state index contributed by atoms with van der Waals surface area (Å²) in [6.07, 6.45) is 16.3. The van der Waals surface area contributed by atoms with E-state index in [9.17, 15) is 10.2 Å². The first-order valence-corrected chi connectivity index (χ1v) is 10.7. The van der Waals surface area contributed by atoms with Gasteiger partial charge in [0.05, 0.1) is 12.9 Å². The Morgan fingerprint density at radius 2 is 1.34 bits per heavy atom. The minimum Gasteiger partial charge on any atom is -0.499 e. The fourth-order valence-electron chi connectivity index (χ4n) is 2.83. The second kappa shape index (κ2) is 20.1. The number of ether oxygens (including phenoxy) is 3. The number of hydrogen-bond donors (Lipinski definition) is 3. The number of aliphatic hydroxyl groups excluding tert-OH is 3. The van der Waals surface area contributed by atoms with Gasteiger partial charge in [0.25, 0.3) is 0 Å². The van der Waals surface area contributed by atoms with Crippen LogP contribution in [-0.2, 0) is 14.2 Å². The van der Waals surface area contributed by atoms with Crippen LogP contribution in [0.3, 0.4) is 0 Å². The van der Waals surface area contributed by atoms with Crippen molar-refractivity contribution in [2.45, 2.75) is 82.2 Å². The van der Waals surface area contributed by atoms with Crippen molar-refractivity contribution in [3.05, 3.63) is 37.1 Å². The van der Waals surface area contributed by atoms with Gasteiger partial charge in [0.2, 0.25) is 0 Å². The van der Waals surface area contributed by atoms with E-state index in [2.05, 4.69) is 6.58 Å². The lowest BCUT2D eigenvalue weighted by atomic mass is 10.1. The van der Waals surface area contributed by atoms with E-state index in [1.54, 1.807) is 6.08 Å². The second-order valence-electron chi connectivity index (χ2n) is 7.14. The molecule has 0 aliphatic carbocycles. The summed E-state index contributed by atoms with van der Waals surface area (Å²) in [7, 11) is 2.93. The molecule has 6 heteroatoms. The van der Waals surface area contributed by atoms with Crippen molar-refractivity contribution in [2.75, 3.05) is 27.4 Å². The lowest BCUT2D eigenvalue weighted by molar-refractivity contribution is -0.0298. The maximum absolute atomic E-state index is 10.2. The van der Waals surface area contributed by atoms with Gasteiger partial charge in [-0.15, -0.1) is 6.58 Å². The summed E-state index contributed by atoms with van der Waals surface area (Å²) >= 11 is 0. The van der Waals surface area contributed by atoms with E-state index in [1.165, 1.54) is 65.1 Å². The molecule has 0 aromatic carbocycles. The van der Waals surface area contributed by atoms with Crippen LogP contribution in [0.2, 0.25) is 0 Å². The molecule has 3 N–H and O–H groups in total. The molecule has 0 bridgehead atoms. The second-order valence-corrected chi connectivity index (χ2v) is 7.14. The van der Waals surface area contributed by atoms with Crippen LogP contribution in [0, 0.1) is 0 Å². The highest BCUT2D eigenvalue weighted by Gasteiger charge is 2.17. The molecule has 0 fully saturated rings. The molecule has 0 aliphatic rings. The molecule has 0 saturated heterocycles. The Labute approximate surface area is 176 Å². The Kier molecular flexibility index (Phi) is 19.3. The lowest BCUT2D eigenvalue weighted by Crippen LogP contribution is -2.31. The maximum atomic E-state index is 10.2. The fourth-order valence-corrected chi connectivity index (χ4v) is 2.83. The summed E-state index contributed by atoms with van der Waals surface area (Å²) in [4.78, 5) is 0. The molecule has 29 heavy (non-hydrogen) atoms. The van der Waals surface area contributed by atoms with Crippen LogP contribution in [0.5, 0.6) is 0 Å². The third kappa shape index (κ3) is 15.3. The van der Waals surface area contributed by atoms with Crippen LogP contribution < -0.4 is 0 Å². The first kappa shape index (κ1) is 27.8. The number of hydrogen-bond acceptors (Lipinski definition) is 6. The number of unbranched alkanes of at least 4 members (excludes halogenated alkanes) is 8. The van der Waals surface area contributed by atoms with Crippen molar-refractivity contribution in [3.8, 4) is 0 Å². The molecule has 0 heterocycles. The highest BCUT2D eigenvalue weighted by atomic mass is 16.5. The summed E-state index contributed by atoms with van der Waals surface area (Å²) in [6, 6.07) is 0. The summed E-state index contributed by atoms with van der Waals surface area (Å²) in [5.41, 5.74) is 0. The van der Waals surface area contributed by atoms with Gasteiger partial charge >= 0.3 is 0 Å². The summed E-state index contributed by atoms with van der Waals surface area (Å²) < 4.78 is 15.5. The van der Waals surface area contributed by atoms with Crippen molar-refractivity contribution in [1.29, 1.82) is 0 Å². The molecule has 0 rings (SSSR count). The highest BCUT2D eigenvalue weighted by Crippen LogP contribution is 2.11. The zero-order valence-electron chi connectivity index (χ0n) is 18.2. The van der Waals surface area contributed by atoms with Crippen LogP contribution in [0.15, 0.2) is 37.1 Å². The number of methoxy groups -OCH3 is 2. The highest BCUT2D eigenvalue weighted by molar-refractivity contribution is 4.93. The van der Waals surface area contributed by atoms with E-state index in [0.29, 0.717) is 0 Å². The minimum atomic E-state index is -0.969. The molecule has 170 valence electrons. The number of rotatable bonds is 20. The fraction of sp³-hybridized carbons (Fsp3) is 0.739. The Balaban J connectivity index is 3.90. The lowest BCUT2D eigenvalue weighted by Gasteiger charge is -2.19. The largest absolute Gasteiger partial charge is 0.499 e. The average Bonchev–Trinajstić information content (AvgIpc) is 2.72. The van der Waals surface area contributed by atoms with E-state index in [1.807, 2.05) is 12.2 Å². The van der Waals surface area contributed by atoms with E-state index < -0.39 is 24.4 Å². The third-order valence-electron chi connectivity index (χ3n) is 4.79. The van der Waals surface area contributed by atoms with Crippen molar-refractivity contribution in [2.24, 2.45) is 0 Å². The van der Waals surface area contributed by atoms with Crippen molar-refractivity contribution >= 4 is 0 Å². The Hall–Kier alpha value is -1.18. The van der Waals surface area contributed by atoms with Gasteiger partial charge in [-0.25, -0.2) is 0 Å². The van der Waals surface area contributed by atoms with Gasteiger partial charge in [0.1, 0.15) is 31.0 Å². The van der Waals surface area contributed by atoms with Crippen LogP contribution in [0.25, 0.3) is 0 Å². The van der Waals surface area contributed by atoms with Gasteiger partial charge in [-0.2, -0.15) is 0 Å². The van der Waals surface area contributed by atoms with Crippen LogP contribution in [-0.4, -0.2) is 67.2 Å². The van der Waals surface area contributed by atoms with Crippen LogP contribution in [0.4, 0.5) is 0 Å². The topological polar surface area (TPSA) is 88.4 Å². The van der Waals surface area contributed by atoms with Gasteiger partial charge in [0, 0.05) is 14.2 Å². The van der Waals surface area contributed by atoms with E-state index >= 15 is 0 Å². The van der Waals surface area contributed by atoms with E-state index in [4.69, 9.17) is 19.3 Å². The van der Waals surface area contributed by atoms with Crippen molar-refractivity contribution in [1.82, 2.24) is 0 Å². The molecule has 0 radical (unpaired) electrons. The van der Waals surface area contributed by atoms with Gasteiger partial charge < -0.3 is 29.5 Å². The monoisotopic (exact) mass is 414 g/mol. The zero-order chi connectivity index (χ0) is 21.7. The molecule has 4 atom stereocenters. The molecule has 0 aromatic heterocycles. The van der Waals surface area contributed by atoms with Crippen LogP contribution in [0.1, 0.15) is 57.8 Å². The molecule has 0 saturated carbocycles. The standard InChI is InChI=1S/C23H42O6/c1-4-5-6-7-8-9-10-11-12-13-14-15-20(25)23(28-3)19-29-17-16-21(26)22(18-24)27-2/h4,14-17,20-26H,1,5-13,18-19H2,2-3H3/b15-14+,17-16+. The molecule has 4 unspecified atom stereocenters. The first-order chi connectivity index (χ1) is 14.1. The first-order valence-electron chi connectivity index (χ1n) is 10.7. The third-order valence-corrected chi connectivity index (χ3v) is 4.79. The smallest absolute Gasteiger partial charge is 0.120 e. The Bertz CT molecular complexity index is 420. The van der Waals surface area contributed by atoms with Crippen molar-refractivity contribution < 1.29 is 29.5 Å². The zero-order valence-corrected chi connectivity index (χ0v) is 18.2. The Morgan fingerprint density at radius 3 is 1.90 bits per heavy atom. The number of aliphatic hydroxyl groups is 3. The molecule has 0 spiro atoms. The SMILES string of the molecule is C=CCCCCCCCCC/C=C/C(O)C(CO/C=C/C(O)C(CO)OC)OC. The predicted molar refractivity (Wildman–Crippen MR) is 117 cm³/mol. The minimum absolute atomic E-state index is 0.147. The van der Waals surface area contributed by atoms with Gasteiger partial charge in [0.15, 0.2) is 0 Å². The summed E-state index contributed by atoms with van der Waals surface area (Å²) in [5, 5.41) is 29.0. The van der Waals surface area contributed by atoms with Crippen molar-refractivity contribution in [3.63, 3.8) is 0 Å². The van der Waals surface area contributed by atoms with E-state index in [0.717, 1.165) is 19.3 Å². The summed E-state index contributed by atoms with van der Waals surface area (Å²) in [5.74, 6) is 0. The van der Waals surface area contributed by atoms with E-state index in [-0.39, 0.29) is 13.2 Å². The molecular formula is C23H42O6. The number of allylic oxidation sites excluding steroid dienone is 2. The Morgan fingerprint density at radius 1 is 0.793 bits per heavy atom. The maximum Gasteiger partial charge on any atom is 0.120 e. The molecule has 0 aliphatic heterocycles. The van der Waals surface area contributed by atoms with Crippen LogP contribution >= 0.6 is 0 Å². The molecule has 0 aromatic rings. The quantitative estimate of drug-likeness (QED) is 0.160. The molecule has 0 amide bonds. The normalized spacial score (nSPS) is 16.2. The summed E-state index contributed by atoms with van der Waals surface area (Å²) in [6.45, 7) is 3.60. The van der Waals surface area contributed by atoms with Gasteiger partial charge in [-0.1, -0.05) is 50.3 Å². The predicted octanol–water partition coefficient (Wildman–Crippen LogP) is 3.51. The van der Waals surface area contributed by atoms with Gasteiger partial charge in [-0.3, -0.25) is 0 Å². The average molecular weight is 415 g/mol. The van der Waals surface area contributed by atoms with Gasteiger partial charge in [-0.05, 0) is 31.8 Å². The molecule has 6 nitrogen and oxygen atoms in total. The molecular weight excluding hydrogens is 372 g/mol.